The van der Waals surface area contributed by atoms with Crippen LogP contribution in [0.25, 0.3) is 33.4 Å². The molecule has 0 radical (unpaired) electrons. The standard InChI is InChI=1S/3C26H20N6O6/c3*33-25(29-21-9-13-23(14-10-21)31(35)36)27-19-5-1-17(2-6-19)18-3-7-20(8-4-18)28-26(34)30-22-11-15-24(16-12-22)32(37)38/h3*1-16H,(H2,27,29,33)(H2,28,30,34). The number of nitro groups is 6. The summed E-state index contributed by atoms with van der Waals surface area (Å²) in [5.74, 6) is 0. The Balaban J connectivity index is 0.000000181. The molecule has 12 aromatic carbocycles. The summed E-state index contributed by atoms with van der Waals surface area (Å²) in [6.45, 7) is 0. The summed E-state index contributed by atoms with van der Waals surface area (Å²) in [5, 5.41) is 96.1. The number of hydrogen-bond acceptors (Lipinski definition) is 18. The molecule has 0 aromatic heterocycles. The topological polar surface area (TPSA) is 506 Å². The van der Waals surface area contributed by atoms with Gasteiger partial charge in [-0.25, -0.2) is 28.8 Å². The molecule has 0 atom stereocenters. The first-order chi connectivity index (χ1) is 54.8. The number of benzene rings is 12. The van der Waals surface area contributed by atoms with Gasteiger partial charge in [-0.1, -0.05) is 72.8 Å². The number of nitro benzene ring substituents is 6. The van der Waals surface area contributed by atoms with E-state index >= 15 is 0 Å². The molecule has 0 aliphatic heterocycles. The van der Waals surface area contributed by atoms with Crippen molar-refractivity contribution in [3.63, 3.8) is 0 Å². The van der Waals surface area contributed by atoms with E-state index in [4.69, 9.17) is 0 Å². The third-order valence-electron chi connectivity index (χ3n) is 15.9. The van der Waals surface area contributed by atoms with Gasteiger partial charge >= 0.3 is 36.2 Å². The van der Waals surface area contributed by atoms with Gasteiger partial charge in [-0.05, 0) is 179 Å². The van der Waals surface area contributed by atoms with Crippen molar-refractivity contribution in [3.05, 3.63) is 352 Å². The summed E-state index contributed by atoms with van der Waals surface area (Å²) in [5.41, 5.74) is 10.7. The van der Waals surface area contributed by atoms with Crippen LogP contribution in [0.5, 0.6) is 0 Å². The van der Waals surface area contributed by atoms with E-state index in [1.54, 1.807) is 72.8 Å². The summed E-state index contributed by atoms with van der Waals surface area (Å²) in [7, 11) is 0. The molecule has 12 rings (SSSR count). The van der Waals surface area contributed by atoms with E-state index in [1.165, 1.54) is 146 Å². The van der Waals surface area contributed by atoms with Gasteiger partial charge in [-0.3, -0.25) is 60.7 Å². The molecule has 114 heavy (non-hydrogen) atoms. The third-order valence-corrected chi connectivity index (χ3v) is 15.9. The molecule has 0 saturated heterocycles. The Kier molecular flexibility index (Phi) is 26.2. The van der Waals surface area contributed by atoms with Crippen LogP contribution in [0.3, 0.4) is 0 Å². The smallest absolute Gasteiger partial charge is 0.308 e. The first kappa shape index (κ1) is 79.2. The Morgan fingerprint density at radius 3 is 0.307 bits per heavy atom. The van der Waals surface area contributed by atoms with Gasteiger partial charge in [-0.2, -0.15) is 0 Å². The molecule has 36 nitrogen and oxygen atoms in total. The molecular weight excluding hydrogens is 1480 g/mol. The van der Waals surface area contributed by atoms with E-state index in [9.17, 15) is 89.5 Å². The number of hydrogen-bond donors (Lipinski definition) is 12. The summed E-state index contributed by atoms with van der Waals surface area (Å²) >= 11 is 0. The Morgan fingerprint density at radius 1 is 0.149 bits per heavy atom. The maximum atomic E-state index is 12.2. The predicted molar refractivity (Wildman–Crippen MR) is 430 cm³/mol. The highest BCUT2D eigenvalue weighted by Gasteiger charge is 2.16. The molecule has 0 bridgehead atoms. The molecule has 36 heteroatoms. The van der Waals surface area contributed by atoms with Gasteiger partial charge in [-0.15, -0.1) is 0 Å². The van der Waals surface area contributed by atoms with E-state index in [2.05, 4.69) is 63.8 Å². The highest BCUT2D eigenvalue weighted by Crippen LogP contribution is 2.29. The van der Waals surface area contributed by atoms with Crippen LogP contribution in [-0.2, 0) is 0 Å². The van der Waals surface area contributed by atoms with Crippen LogP contribution >= 0.6 is 0 Å². The monoisotopic (exact) mass is 1540 g/mol. The molecule has 0 fully saturated rings. The van der Waals surface area contributed by atoms with Crippen LogP contribution in [-0.4, -0.2) is 65.7 Å². The fourth-order valence-electron chi connectivity index (χ4n) is 10.2. The highest BCUT2D eigenvalue weighted by atomic mass is 16.6. The van der Waals surface area contributed by atoms with Crippen molar-refractivity contribution in [3.8, 4) is 33.4 Å². The molecule has 0 unspecified atom stereocenters. The molecule has 12 amide bonds. The van der Waals surface area contributed by atoms with Gasteiger partial charge in [0.2, 0.25) is 0 Å². The second-order valence-corrected chi connectivity index (χ2v) is 23.8. The van der Waals surface area contributed by atoms with Crippen molar-refractivity contribution in [2.45, 2.75) is 0 Å². The van der Waals surface area contributed by atoms with Crippen LogP contribution in [0.4, 0.5) is 131 Å². The number of rotatable bonds is 21. The lowest BCUT2D eigenvalue weighted by atomic mass is 10.1. The number of amides is 12. The molecular formula is C78H60N18O18. The van der Waals surface area contributed by atoms with E-state index in [0.29, 0.717) is 68.2 Å². The van der Waals surface area contributed by atoms with Gasteiger partial charge in [0.25, 0.3) is 34.1 Å². The number of anilines is 12. The molecule has 0 aliphatic rings. The number of non-ortho nitro benzene ring substituents is 6. The largest absolute Gasteiger partial charge is 0.323 e. The lowest BCUT2D eigenvalue weighted by Crippen LogP contribution is -2.19. The lowest BCUT2D eigenvalue weighted by molar-refractivity contribution is -0.385. The Labute approximate surface area is 643 Å². The summed E-state index contributed by atoms with van der Waals surface area (Å²) in [4.78, 5) is 135. The fraction of sp³-hybridized carbons (Fsp3) is 0. The molecule has 570 valence electrons. The maximum Gasteiger partial charge on any atom is 0.323 e. The molecule has 0 aliphatic carbocycles. The summed E-state index contributed by atoms with van der Waals surface area (Å²) in [6, 6.07) is 72.7. The van der Waals surface area contributed by atoms with Gasteiger partial charge in [0.15, 0.2) is 0 Å². The van der Waals surface area contributed by atoms with E-state index in [1.807, 2.05) is 72.8 Å². The van der Waals surface area contributed by atoms with Crippen molar-refractivity contribution < 1.29 is 58.3 Å². The first-order valence-electron chi connectivity index (χ1n) is 33.4. The zero-order valence-electron chi connectivity index (χ0n) is 58.7. The first-order valence-corrected chi connectivity index (χ1v) is 33.4. The molecule has 0 spiro atoms. The third kappa shape index (κ3) is 23.8. The molecule has 12 N–H and O–H groups in total. The van der Waals surface area contributed by atoms with Gasteiger partial charge in [0.05, 0.1) is 29.5 Å². The van der Waals surface area contributed by atoms with Crippen molar-refractivity contribution in [2.75, 3.05) is 63.8 Å². The van der Waals surface area contributed by atoms with Crippen LogP contribution < -0.4 is 63.8 Å². The Bertz CT molecular complexity index is 4620. The average Bonchev–Trinajstić information content (AvgIpc) is 0.886. The maximum absolute atomic E-state index is 12.2. The minimum atomic E-state index is -0.517. The highest BCUT2D eigenvalue weighted by molar-refractivity contribution is 6.04. The van der Waals surface area contributed by atoms with Gasteiger partial charge in [0.1, 0.15) is 0 Å². The summed E-state index contributed by atoms with van der Waals surface area (Å²) < 4.78 is 0. The normalized spacial score (nSPS) is 10.2. The quantitative estimate of drug-likeness (QED) is 0.0235. The van der Waals surface area contributed by atoms with Crippen LogP contribution in [0.15, 0.2) is 291 Å². The molecule has 12 aromatic rings. The van der Waals surface area contributed by atoms with Crippen molar-refractivity contribution >= 4 is 139 Å². The number of carbonyl (C=O) groups is 6. The number of nitrogens with one attached hydrogen (secondary N) is 12. The Hall–Kier alpha value is -17.3. The predicted octanol–water partition coefficient (Wildman–Crippen LogP) is 19.4. The molecule has 0 saturated carbocycles. The lowest BCUT2D eigenvalue weighted by Gasteiger charge is -2.10. The van der Waals surface area contributed by atoms with Crippen LogP contribution in [0.1, 0.15) is 0 Å². The SMILES string of the molecule is O=C(Nc1ccc(-c2ccc(NC(=O)Nc3ccc([N+](=O)[O-])cc3)cc2)cc1)Nc1ccc([N+](=O)[O-])cc1.O=C(Nc1ccc(-c2ccc(NC(=O)Nc3ccc([N+](=O)[O-])cc3)cc2)cc1)Nc1ccc([N+](=O)[O-])cc1.O=C(Nc1ccc(-c2ccc(NC(=O)Nc3ccc([N+](=O)[O-])cc3)cc2)cc1)Nc1ccc([N+](=O)[O-])cc1. The number of urea groups is 6. The minimum absolute atomic E-state index is 0.0686. The van der Waals surface area contributed by atoms with Crippen molar-refractivity contribution in [2.24, 2.45) is 0 Å². The number of nitrogens with zero attached hydrogens (tertiary/aromatic N) is 6. The summed E-state index contributed by atoms with van der Waals surface area (Å²) in [6.07, 6.45) is 0. The van der Waals surface area contributed by atoms with E-state index < -0.39 is 65.7 Å². The molecule has 0 heterocycles. The second-order valence-electron chi connectivity index (χ2n) is 23.8. The van der Waals surface area contributed by atoms with E-state index in [-0.39, 0.29) is 34.1 Å². The van der Waals surface area contributed by atoms with E-state index in [0.717, 1.165) is 33.4 Å². The van der Waals surface area contributed by atoms with Crippen molar-refractivity contribution in [1.82, 2.24) is 0 Å². The zero-order chi connectivity index (χ0) is 81.2. The van der Waals surface area contributed by atoms with Crippen LogP contribution in [0, 0.1) is 60.7 Å². The zero-order valence-corrected chi connectivity index (χ0v) is 58.7. The minimum Gasteiger partial charge on any atom is -0.308 e. The van der Waals surface area contributed by atoms with Gasteiger partial charge < -0.3 is 63.8 Å². The second kappa shape index (κ2) is 37.8. The fourth-order valence-corrected chi connectivity index (χ4v) is 10.2. The van der Waals surface area contributed by atoms with Gasteiger partial charge in [0, 0.05) is 141 Å². The van der Waals surface area contributed by atoms with Crippen LogP contribution in [0.2, 0.25) is 0 Å². The Morgan fingerprint density at radius 2 is 0.228 bits per heavy atom. The average molecular weight is 1540 g/mol. The number of carbonyl (C=O) groups excluding carboxylic acids is 6. The van der Waals surface area contributed by atoms with Crippen molar-refractivity contribution in [1.29, 1.82) is 0 Å².